The van der Waals surface area contributed by atoms with Crippen LogP contribution in [-0.2, 0) is 0 Å². The molecule has 0 saturated carbocycles. The molecule has 0 aliphatic carbocycles. The zero-order chi connectivity index (χ0) is 38.6. The Morgan fingerprint density at radius 2 is 1.02 bits per heavy atom. The molecule has 59 heavy (non-hydrogen) atoms. The molecule has 4 heterocycles. The van der Waals surface area contributed by atoms with Crippen molar-refractivity contribution >= 4 is 76.3 Å². The summed E-state index contributed by atoms with van der Waals surface area (Å²) in [6, 6.07) is 66.2. The summed E-state index contributed by atoms with van der Waals surface area (Å²) < 4.78 is 10.8. The summed E-state index contributed by atoms with van der Waals surface area (Å²) in [5.74, 6) is 1.85. The molecule has 0 spiro atoms. The summed E-state index contributed by atoms with van der Waals surface area (Å²) in [7, 11) is 0. The number of para-hydroxylation sites is 2. The van der Waals surface area contributed by atoms with E-state index in [1.54, 1.807) is 0 Å². The van der Waals surface area contributed by atoms with Gasteiger partial charge in [-0.25, -0.2) is 4.98 Å². The van der Waals surface area contributed by atoms with Gasteiger partial charge >= 0.3 is 0 Å². The Morgan fingerprint density at radius 3 is 1.83 bits per heavy atom. The average Bonchev–Trinajstić information content (AvgIpc) is 3.96. The lowest BCUT2D eigenvalue weighted by atomic mass is 9.94. The highest BCUT2D eigenvalue weighted by atomic mass is 16.3. The van der Waals surface area contributed by atoms with Gasteiger partial charge in [-0.1, -0.05) is 133 Å². The molecule has 0 aliphatic heterocycles. The average molecular weight is 754 g/mol. The first-order valence-corrected chi connectivity index (χ1v) is 19.9. The van der Waals surface area contributed by atoms with Gasteiger partial charge in [-0.05, 0) is 76.5 Å². The van der Waals surface area contributed by atoms with Gasteiger partial charge in [0.05, 0.1) is 22.1 Å². The Kier molecular flexibility index (Phi) is 6.63. The maximum absolute atomic E-state index is 6.21. The molecule has 0 atom stereocenters. The standard InChI is InChI=1S/C53H31N5O/c1-3-12-33(13-4-1)51-54-52(34-14-5-2-6-15-34)56-53(55-51)58-43-19-9-7-17-38(43)41-30-35(23-27-44(41)58)37-26-28-46-50-40(37)25-22-32-16-11-20-45(49(32)50)57(46)36-24-29-48-42(31-36)39-18-8-10-21-47(39)59-48/h1-31H. The smallest absolute Gasteiger partial charge is 0.238 e. The van der Waals surface area contributed by atoms with Crippen LogP contribution in [0.3, 0.4) is 0 Å². The SMILES string of the molecule is c1ccc(-c2nc(-c3ccccc3)nc(-n3c4ccccc4c4cc(-c5ccc6c7c5ccc5cccc(c57)n6-c5ccc6oc7ccccc7c6c5)ccc43)n2)cc1. The van der Waals surface area contributed by atoms with Gasteiger partial charge in [0.15, 0.2) is 11.6 Å². The second-order valence-electron chi connectivity index (χ2n) is 15.2. The monoisotopic (exact) mass is 753 g/mol. The topological polar surface area (TPSA) is 61.7 Å². The lowest BCUT2D eigenvalue weighted by molar-refractivity contribution is 0.669. The number of furan rings is 1. The van der Waals surface area contributed by atoms with Crippen LogP contribution in [-0.4, -0.2) is 24.1 Å². The second-order valence-corrected chi connectivity index (χ2v) is 15.2. The van der Waals surface area contributed by atoms with Gasteiger partial charge in [-0.2, -0.15) is 9.97 Å². The van der Waals surface area contributed by atoms with Crippen LogP contribution in [0.25, 0.3) is 122 Å². The molecule has 0 fully saturated rings. The third kappa shape index (κ3) is 4.71. The number of hydrogen-bond donors (Lipinski definition) is 0. The highest BCUT2D eigenvalue weighted by Crippen LogP contribution is 2.44. The van der Waals surface area contributed by atoms with E-state index in [-0.39, 0.29) is 0 Å². The van der Waals surface area contributed by atoms with Crippen molar-refractivity contribution in [3.63, 3.8) is 0 Å². The summed E-state index contributed by atoms with van der Waals surface area (Å²) in [6.07, 6.45) is 0. The lowest BCUT2D eigenvalue weighted by Crippen LogP contribution is -2.06. The normalized spacial score (nSPS) is 12.1. The second kappa shape index (κ2) is 12.2. The molecule has 0 N–H and O–H groups in total. The third-order valence-corrected chi connectivity index (χ3v) is 11.9. The number of benzene rings is 9. The molecule has 6 nitrogen and oxygen atoms in total. The molecule has 0 saturated heterocycles. The van der Waals surface area contributed by atoms with Crippen LogP contribution in [0.1, 0.15) is 0 Å². The summed E-state index contributed by atoms with van der Waals surface area (Å²) in [4.78, 5) is 15.2. The molecule has 0 bridgehead atoms. The van der Waals surface area contributed by atoms with E-state index in [0.717, 1.165) is 66.1 Å². The van der Waals surface area contributed by atoms with E-state index in [0.29, 0.717) is 17.6 Å². The van der Waals surface area contributed by atoms with Crippen molar-refractivity contribution in [1.29, 1.82) is 0 Å². The first-order chi connectivity index (χ1) is 29.2. The van der Waals surface area contributed by atoms with Gasteiger partial charge in [0.25, 0.3) is 0 Å². The Bertz CT molecular complexity index is 3730. The zero-order valence-corrected chi connectivity index (χ0v) is 31.5. The van der Waals surface area contributed by atoms with Crippen LogP contribution >= 0.6 is 0 Å². The molecule has 274 valence electrons. The fourth-order valence-electron chi connectivity index (χ4n) is 9.32. The molecular weight excluding hydrogens is 723 g/mol. The van der Waals surface area contributed by atoms with E-state index in [1.165, 1.54) is 38.1 Å². The van der Waals surface area contributed by atoms with Crippen LogP contribution < -0.4 is 0 Å². The molecule has 13 aromatic rings. The molecule has 0 radical (unpaired) electrons. The van der Waals surface area contributed by atoms with Crippen molar-refractivity contribution in [3.8, 4) is 45.5 Å². The van der Waals surface area contributed by atoms with Gasteiger partial charge in [0, 0.05) is 49.1 Å². The molecule has 0 amide bonds. The predicted octanol–water partition coefficient (Wildman–Crippen LogP) is 13.6. The minimum atomic E-state index is 0.582. The van der Waals surface area contributed by atoms with Crippen molar-refractivity contribution < 1.29 is 4.42 Å². The minimum Gasteiger partial charge on any atom is -0.456 e. The Balaban J connectivity index is 1.02. The maximum Gasteiger partial charge on any atom is 0.238 e. The summed E-state index contributed by atoms with van der Waals surface area (Å²) in [5.41, 5.74) is 11.6. The van der Waals surface area contributed by atoms with Crippen molar-refractivity contribution in [2.45, 2.75) is 0 Å². The Labute approximate surface area is 337 Å². The van der Waals surface area contributed by atoms with Gasteiger partial charge in [0.2, 0.25) is 5.95 Å². The van der Waals surface area contributed by atoms with Gasteiger partial charge < -0.3 is 8.98 Å². The van der Waals surface area contributed by atoms with Crippen LogP contribution in [0.15, 0.2) is 192 Å². The summed E-state index contributed by atoms with van der Waals surface area (Å²) >= 11 is 0. The number of aromatic nitrogens is 5. The van der Waals surface area contributed by atoms with Crippen molar-refractivity contribution in [3.05, 3.63) is 188 Å². The molecule has 4 aromatic heterocycles. The molecule has 0 unspecified atom stereocenters. The molecule has 13 rings (SSSR count). The van der Waals surface area contributed by atoms with Crippen LogP contribution in [0.5, 0.6) is 0 Å². The molecule has 6 heteroatoms. The predicted molar refractivity (Wildman–Crippen MR) is 241 cm³/mol. The first kappa shape index (κ1) is 32.0. The van der Waals surface area contributed by atoms with Crippen LogP contribution in [0.4, 0.5) is 0 Å². The van der Waals surface area contributed by atoms with E-state index < -0.39 is 0 Å². The first-order valence-electron chi connectivity index (χ1n) is 19.9. The molecular formula is C53H31N5O. The maximum atomic E-state index is 6.21. The Morgan fingerprint density at radius 1 is 0.356 bits per heavy atom. The third-order valence-electron chi connectivity index (χ3n) is 11.9. The van der Waals surface area contributed by atoms with Crippen LogP contribution in [0, 0.1) is 0 Å². The largest absolute Gasteiger partial charge is 0.456 e. The van der Waals surface area contributed by atoms with Crippen molar-refractivity contribution in [2.75, 3.05) is 0 Å². The number of fused-ring (bicyclic) bond motifs is 6. The minimum absolute atomic E-state index is 0.582. The van der Waals surface area contributed by atoms with Crippen molar-refractivity contribution in [1.82, 2.24) is 24.1 Å². The number of rotatable bonds is 5. The molecule has 9 aromatic carbocycles. The number of hydrogen-bond acceptors (Lipinski definition) is 4. The van der Waals surface area contributed by atoms with Crippen LogP contribution in [0.2, 0.25) is 0 Å². The van der Waals surface area contributed by atoms with E-state index in [9.17, 15) is 0 Å². The highest BCUT2D eigenvalue weighted by Gasteiger charge is 2.22. The van der Waals surface area contributed by atoms with Gasteiger partial charge in [-0.15, -0.1) is 0 Å². The summed E-state index contributed by atoms with van der Waals surface area (Å²) in [5, 5.41) is 9.51. The quantitative estimate of drug-likeness (QED) is 0.164. The highest BCUT2D eigenvalue weighted by molar-refractivity contribution is 6.27. The van der Waals surface area contributed by atoms with E-state index in [1.807, 2.05) is 72.8 Å². The van der Waals surface area contributed by atoms with Gasteiger partial charge in [-0.3, -0.25) is 4.57 Å². The van der Waals surface area contributed by atoms with Crippen molar-refractivity contribution in [2.24, 2.45) is 0 Å². The fraction of sp³-hybridized carbons (Fsp3) is 0. The molecule has 0 aliphatic rings. The lowest BCUT2D eigenvalue weighted by Gasteiger charge is -2.12. The van der Waals surface area contributed by atoms with E-state index >= 15 is 0 Å². The van der Waals surface area contributed by atoms with E-state index in [2.05, 4.69) is 124 Å². The van der Waals surface area contributed by atoms with Gasteiger partial charge in [0.1, 0.15) is 11.2 Å². The van der Waals surface area contributed by atoms with E-state index in [4.69, 9.17) is 19.4 Å². The Hall–Kier alpha value is -8.09. The zero-order valence-electron chi connectivity index (χ0n) is 31.5. The fourth-order valence-corrected chi connectivity index (χ4v) is 9.32. The number of nitrogens with zero attached hydrogens (tertiary/aromatic N) is 5. The summed E-state index contributed by atoms with van der Waals surface area (Å²) in [6.45, 7) is 0.